The van der Waals surface area contributed by atoms with Gasteiger partial charge >= 0.3 is 0 Å². The molecule has 0 aliphatic heterocycles. The van der Waals surface area contributed by atoms with E-state index in [4.69, 9.17) is 9.26 Å². The van der Waals surface area contributed by atoms with Gasteiger partial charge in [0.05, 0.1) is 19.3 Å². The molecule has 1 atom stereocenters. The van der Waals surface area contributed by atoms with Gasteiger partial charge in [-0.2, -0.15) is 4.98 Å². The van der Waals surface area contributed by atoms with Gasteiger partial charge < -0.3 is 19.7 Å². The van der Waals surface area contributed by atoms with Crippen LogP contribution < -0.4 is 5.32 Å². The summed E-state index contributed by atoms with van der Waals surface area (Å²) in [5.41, 5.74) is 1.10. The molecule has 1 heterocycles. The van der Waals surface area contributed by atoms with Crippen LogP contribution in [0.1, 0.15) is 17.3 Å². The first-order chi connectivity index (χ1) is 10.2. The lowest BCUT2D eigenvalue weighted by Gasteiger charge is -2.12. The first-order valence-electron chi connectivity index (χ1n) is 7.03. The second kappa shape index (κ2) is 8.51. The molecular formula is C15H21N3O3. The molecule has 2 rings (SSSR count). The Morgan fingerprint density at radius 2 is 2.14 bits per heavy atom. The highest BCUT2D eigenvalue weighted by molar-refractivity contribution is 5.13. The molecule has 1 aromatic carbocycles. The molecule has 0 amide bonds. The highest BCUT2D eigenvalue weighted by atomic mass is 16.5. The van der Waals surface area contributed by atoms with E-state index in [0.717, 1.165) is 5.56 Å². The van der Waals surface area contributed by atoms with Gasteiger partial charge in [-0.3, -0.25) is 0 Å². The van der Waals surface area contributed by atoms with Crippen LogP contribution in [0.15, 0.2) is 34.9 Å². The predicted molar refractivity (Wildman–Crippen MR) is 77.7 cm³/mol. The number of aliphatic hydroxyl groups is 1. The van der Waals surface area contributed by atoms with Crippen molar-refractivity contribution in [1.82, 2.24) is 15.5 Å². The molecule has 2 N–H and O–H groups in total. The largest absolute Gasteiger partial charge is 0.389 e. The van der Waals surface area contributed by atoms with E-state index < -0.39 is 6.10 Å². The molecule has 2 aromatic rings. The summed E-state index contributed by atoms with van der Waals surface area (Å²) in [7, 11) is 0. The molecule has 0 fully saturated rings. The zero-order valence-corrected chi connectivity index (χ0v) is 12.2. The fourth-order valence-corrected chi connectivity index (χ4v) is 1.85. The number of rotatable bonds is 9. The Morgan fingerprint density at radius 3 is 2.86 bits per heavy atom. The van der Waals surface area contributed by atoms with Crippen LogP contribution in [0.4, 0.5) is 0 Å². The van der Waals surface area contributed by atoms with E-state index in [1.165, 1.54) is 0 Å². The number of nitrogens with zero attached hydrogens (tertiary/aromatic N) is 2. The fourth-order valence-electron chi connectivity index (χ4n) is 1.85. The molecule has 0 radical (unpaired) electrons. The summed E-state index contributed by atoms with van der Waals surface area (Å²) < 4.78 is 10.5. The van der Waals surface area contributed by atoms with Crippen LogP contribution >= 0.6 is 0 Å². The standard InChI is InChI=1S/C15H21N3O3/c1-12-17-15(21-18-12)7-8-16-9-14(19)11-20-10-13-5-3-2-4-6-13/h2-6,14,16,19H,7-11H2,1H3. The lowest BCUT2D eigenvalue weighted by Crippen LogP contribution is -2.31. The summed E-state index contributed by atoms with van der Waals surface area (Å²) in [6, 6.07) is 9.90. The van der Waals surface area contributed by atoms with Crippen LogP contribution in [0.5, 0.6) is 0 Å². The van der Waals surface area contributed by atoms with Crippen molar-refractivity contribution in [2.75, 3.05) is 19.7 Å². The van der Waals surface area contributed by atoms with E-state index >= 15 is 0 Å². The normalized spacial score (nSPS) is 12.5. The average molecular weight is 291 g/mol. The van der Waals surface area contributed by atoms with Gasteiger partial charge in [-0.25, -0.2) is 0 Å². The van der Waals surface area contributed by atoms with Crippen LogP contribution in [-0.2, 0) is 17.8 Å². The molecular weight excluding hydrogens is 270 g/mol. The smallest absolute Gasteiger partial charge is 0.227 e. The molecule has 6 heteroatoms. The molecule has 0 aliphatic carbocycles. The third-order valence-electron chi connectivity index (χ3n) is 2.89. The molecule has 114 valence electrons. The van der Waals surface area contributed by atoms with Crippen LogP contribution in [-0.4, -0.2) is 41.0 Å². The van der Waals surface area contributed by atoms with Gasteiger partial charge in [0.15, 0.2) is 5.82 Å². The average Bonchev–Trinajstić information content (AvgIpc) is 2.90. The fraction of sp³-hybridized carbons (Fsp3) is 0.467. The minimum atomic E-state index is -0.530. The Hall–Kier alpha value is -1.76. The van der Waals surface area contributed by atoms with Crippen LogP contribution in [0.3, 0.4) is 0 Å². The number of hydrogen-bond donors (Lipinski definition) is 2. The number of nitrogens with one attached hydrogen (secondary N) is 1. The quantitative estimate of drug-likeness (QED) is 0.673. The van der Waals surface area contributed by atoms with E-state index in [0.29, 0.717) is 44.4 Å². The van der Waals surface area contributed by atoms with Crippen molar-refractivity contribution in [3.8, 4) is 0 Å². The Labute approximate surface area is 124 Å². The summed E-state index contributed by atoms with van der Waals surface area (Å²) in [5, 5.41) is 16.6. The molecule has 0 spiro atoms. The van der Waals surface area contributed by atoms with Crippen LogP contribution in [0, 0.1) is 6.92 Å². The van der Waals surface area contributed by atoms with Gasteiger partial charge in [-0.15, -0.1) is 0 Å². The van der Waals surface area contributed by atoms with Gasteiger partial charge in [0.1, 0.15) is 0 Å². The van der Waals surface area contributed by atoms with Crippen molar-refractivity contribution in [2.45, 2.75) is 26.1 Å². The van der Waals surface area contributed by atoms with E-state index in [9.17, 15) is 5.11 Å². The molecule has 1 aromatic heterocycles. The topological polar surface area (TPSA) is 80.4 Å². The van der Waals surface area contributed by atoms with Crippen molar-refractivity contribution in [3.63, 3.8) is 0 Å². The molecule has 0 saturated carbocycles. The van der Waals surface area contributed by atoms with Crippen molar-refractivity contribution < 1.29 is 14.4 Å². The number of ether oxygens (including phenoxy) is 1. The summed E-state index contributed by atoms with van der Waals surface area (Å²) in [6.45, 7) is 3.76. The van der Waals surface area contributed by atoms with E-state index in [1.807, 2.05) is 30.3 Å². The summed E-state index contributed by atoms with van der Waals surface area (Å²) in [6.07, 6.45) is 0.122. The number of hydrogen-bond acceptors (Lipinski definition) is 6. The highest BCUT2D eigenvalue weighted by Gasteiger charge is 2.05. The molecule has 0 saturated heterocycles. The van der Waals surface area contributed by atoms with Gasteiger partial charge in [0.25, 0.3) is 0 Å². The monoisotopic (exact) mass is 291 g/mol. The lowest BCUT2D eigenvalue weighted by molar-refractivity contribution is 0.0289. The van der Waals surface area contributed by atoms with Gasteiger partial charge in [0.2, 0.25) is 5.89 Å². The van der Waals surface area contributed by atoms with Crippen molar-refractivity contribution in [2.24, 2.45) is 0 Å². The number of aromatic nitrogens is 2. The van der Waals surface area contributed by atoms with Crippen molar-refractivity contribution in [1.29, 1.82) is 0 Å². The Morgan fingerprint density at radius 1 is 1.33 bits per heavy atom. The van der Waals surface area contributed by atoms with Crippen LogP contribution in [0.2, 0.25) is 0 Å². The van der Waals surface area contributed by atoms with E-state index in [2.05, 4.69) is 15.5 Å². The maximum atomic E-state index is 9.79. The minimum Gasteiger partial charge on any atom is -0.389 e. The van der Waals surface area contributed by atoms with Crippen LogP contribution in [0.25, 0.3) is 0 Å². The van der Waals surface area contributed by atoms with E-state index in [1.54, 1.807) is 6.92 Å². The lowest BCUT2D eigenvalue weighted by atomic mass is 10.2. The number of aryl methyl sites for hydroxylation is 1. The molecule has 0 bridgehead atoms. The van der Waals surface area contributed by atoms with Gasteiger partial charge in [-0.05, 0) is 12.5 Å². The SMILES string of the molecule is Cc1noc(CCNCC(O)COCc2ccccc2)n1. The van der Waals surface area contributed by atoms with Crippen molar-refractivity contribution in [3.05, 3.63) is 47.6 Å². The summed E-state index contributed by atoms with van der Waals surface area (Å²) >= 11 is 0. The Bertz CT molecular complexity index is 516. The second-order valence-corrected chi connectivity index (χ2v) is 4.84. The van der Waals surface area contributed by atoms with Gasteiger partial charge in [-0.1, -0.05) is 35.5 Å². The third-order valence-corrected chi connectivity index (χ3v) is 2.89. The zero-order valence-electron chi connectivity index (χ0n) is 12.2. The predicted octanol–water partition coefficient (Wildman–Crippen LogP) is 1.09. The maximum Gasteiger partial charge on any atom is 0.227 e. The minimum absolute atomic E-state index is 0.307. The van der Waals surface area contributed by atoms with Gasteiger partial charge in [0, 0.05) is 19.5 Å². The summed E-state index contributed by atoms with van der Waals surface area (Å²) in [4.78, 5) is 4.11. The third kappa shape index (κ3) is 6.03. The zero-order chi connectivity index (χ0) is 14.9. The second-order valence-electron chi connectivity index (χ2n) is 4.84. The van der Waals surface area contributed by atoms with E-state index in [-0.39, 0.29) is 0 Å². The highest BCUT2D eigenvalue weighted by Crippen LogP contribution is 2.01. The molecule has 0 aliphatic rings. The maximum absolute atomic E-state index is 9.79. The summed E-state index contributed by atoms with van der Waals surface area (Å²) in [5.74, 6) is 1.24. The first-order valence-corrected chi connectivity index (χ1v) is 7.03. The number of benzene rings is 1. The van der Waals surface area contributed by atoms with Crippen molar-refractivity contribution >= 4 is 0 Å². The Kier molecular flexibility index (Phi) is 6.33. The number of aliphatic hydroxyl groups excluding tert-OH is 1. The molecule has 21 heavy (non-hydrogen) atoms. The first kappa shape index (κ1) is 15.6. The Balaban J connectivity index is 1.52. The molecule has 6 nitrogen and oxygen atoms in total. The molecule has 1 unspecified atom stereocenters.